The average molecular weight is 421 g/mol. The summed E-state index contributed by atoms with van der Waals surface area (Å²) in [5.41, 5.74) is 0.589. The number of likely N-dealkylation sites (tertiary alicyclic amines) is 2. The Labute approximate surface area is 177 Å². The van der Waals surface area contributed by atoms with Gasteiger partial charge in [-0.05, 0) is 70.2 Å². The second-order valence-electron chi connectivity index (χ2n) is 8.11. The predicted octanol–water partition coefficient (Wildman–Crippen LogP) is 3.52. The molecule has 0 radical (unpaired) electrons. The summed E-state index contributed by atoms with van der Waals surface area (Å²) in [7, 11) is 0. The van der Waals surface area contributed by atoms with Crippen molar-refractivity contribution in [3.8, 4) is 0 Å². The number of carbonyl (C=O) groups is 3. The quantitative estimate of drug-likeness (QED) is 0.699. The van der Waals surface area contributed by atoms with Gasteiger partial charge in [-0.3, -0.25) is 14.4 Å². The number of halogens is 1. The first kappa shape index (κ1) is 21.6. The highest BCUT2D eigenvalue weighted by Gasteiger charge is 2.32. The second-order valence-corrected chi connectivity index (χ2v) is 8.55. The molecule has 2 amide bonds. The van der Waals surface area contributed by atoms with Gasteiger partial charge >= 0.3 is 5.97 Å². The molecule has 2 aliphatic heterocycles. The van der Waals surface area contributed by atoms with Gasteiger partial charge in [-0.2, -0.15) is 0 Å². The van der Waals surface area contributed by atoms with Crippen LogP contribution in [0.2, 0.25) is 5.02 Å². The van der Waals surface area contributed by atoms with Crippen molar-refractivity contribution in [1.29, 1.82) is 0 Å². The Kier molecular flexibility index (Phi) is 7.17. The first-order chi connectivity index (χ1) is 13.9. The Balaban J connectivity index is 1.45. The van der Waals surface area contributed by atoms with Crippen LogP contribution in [0.25, 0.3) is 0 Å². The van der Waals surface area contributed by atoms with Gasteiger partial charge in [-0.15, -0.1) is 0 Å². The first-order valence-corrected chi connectivity index (χ1v) is 10.8. The Hall–Kier alpha value is -2.08. The molecule has 2 aliphatic rings. The molecule has 0 bridgehead atoms. The van der Waals surface area contributed by atoms with Gasteiger partial charge in [0.25, 0.3) is 11.8 Å². The minimum Gasteiger partial charge on any atom is -0.455 e. The number of hydrogen-bond donors (Lipinski definition) is 0. The van der Waals surface area contributed by atoms with Crippen molar-refractivity contribution in [2.45, 2.75) is 58.0 Å². The van der Waals surface area contributed by atoms with E-state index >= 15 is 0 Å². The van der Waals surface area contributed by atoms with Crippen molar-refractivity contribution in [2.75, 3.05) is 19.7 Å². The van der Waals surface area contributed by atoms with Gasteiger partial charge in [0.05, 0.1) is 5.92 Å². The fraction of sp³-hybridized carbons (Fsp3) is 0.591. The van der Waals surface area contributed by atoms with Gasteiger partial charge in [-0.25, -0.2) is 0 Å². The molecule has 0 N–H and O–H groups in total. The molecular formula is C22H29ClN2O4. The minimum atomic E-state index is -0.339. The lowest BCUT2D eigenvalue weighted by molar-refractivity contribution is -0.158. The van der Waals surface area contributed by atoms with Crippen molar-refractivity contribution in [3.63, 3.8) is 0 Å². The molecule has 0 aromatic heterocycles. The van der Waals surface area contributed by atoms with Crippen molar-refractivity contribution in [3.05, 3.63) is 34.9 Å². The number of benzene rings is 1. The van der Waals surface area contributed by atoms with E-state index in [4.69, 9.17) is 16.3 Å². The molecule has 1 aromatic carbocycles. The SMILES string of the molecule is C[C@@H]1CCC[C@H](C)N1C(=O)COC(=O)C1CCN(C(=O)c2ccc(Cl)cc2)CC1. The van der Waals surface area contributed by atoms with E-state index in [-0.39, 0.29) is 42.4 Å². The maximum absolute atomic E-state index is 12.6. The van der Waals surface area contributed by atoms with E-state index in [0.29, 0.717) is 36.5 Å². The molecule has 1 aromatic rings. The van der Waals surface area contributed by atoms with Crippen molar-refractivity contribution >= 4 is 29.4 Å². The Morgan fingerprint density at radius 1 is 1.00 bits per heavy atom. The monoisotopic (exact) mass is 420 g/mol. The molecule has 6 nitrogen and oxygen atoms in total. The van der Waals surface area contributed by atoms with Crippen LogP contribution < -0.4 is 0 Å². The summed E-state index contributed by atoms with van der Waals surface area (Å²) in [4.78, 5) is 41.1. The summed E-state index contributed by atoms with van der Waals surface area (Å²) in [6, 6.07) is 7.18. The van der Waals surface area contributed by atoms with E-state index in [1.165, 1.54) is 0 Å². The molecule has 29 heavy (non-hydrogen) atoms. The summed E-state index contributed by atoms with van der Waals surface area (Å²) in [6.45, 7) is 4.88. The maximum Gasteiger partial charge on any atom is 0.309 e. The summed E-state index contributed by atoms with van der Waals surface area (Å²) < 4.78 is 5.34. The number of hydrogen-bond acceptors (Lipinski definition) is 4. The number of carbonyl (C=O) groups excluding carboxylic acids is 3. The zero-order valence-corrected chi connectivity index (χ0v) is 17.9. The standard InChI is InChI=1S/C22H29ClN2O4/c1-15-4-3-5-16(2)25(15)20(26)14-29-22(28)18-10-12-24(13-11-18)21(27)17-6-8-19(23)9-7-17/h6-9,15-16,18H,3-5,10-14H2,1-2H3/t15-,16+. The average Bonchev–Trinajstić information content (AvgIpc) is 2.72. The number of esters is 1. The van der Waals surface area contributed by atoms with Gasteiger partial charge in [0, 0.05) is 35.8 Å². The highest BCUT2D eigenvalue weighted by atomic mass is 35.5. The third kappa shape index (κ3) is 5.30. The summed E-state index contributed by atoms with van der Waals surface area (Å²) in [5.74, 6) is -0.785. The molecule has 0 spiro atoms. The zero-order chi connectivity index (χ0) is 21.0. The van der Waals surface area contributed by atoms with Crippen LogP contribution in [0.4, 0.5) is 0 Å². The van der Waals surface area contributed by atoms with E-state index < -0.39 is 0 Å². The first-order valence-electron chi connectivity index (χ1n) is 10.4. The summed E-state index contributed by atoms with van der Waals surface area (Å²) in [6.07, 6.45) is 4.19. The molecule has 2 fully saturated rings. The van der Waals surface area contributed by atoms with Crippen LogP contribution in [-0.4, -0.2) is 59.4 Å². The molecule has 2 heterocycles. The molecule has 2 saturated heterocycles. The van der Waals surface area contributed by atoms with E-state index in [0.717, 1.165) is 19.3 Å². The highest BCUT2D eigenvalue weighted by molar-refractivity contribution is 6.30. The van der Waals surface area contributed by atoms with E-state index in [1.54, 1.807) is 29.2 Å². The topological polar surface area (TPSA) is 66.9 Å². The fourth-order valence-electron chi connectivity index (χ4n) is 4.33. The molecule has 0 aliphatic carbocycles. The van der Waals surface area contributed by atoms with Crippen molar-refractivity contribution in [1.82, 2.24) is 9.80 Å². The van der Waals surface area contributed by atoms with Crippen LogP contribution >= 0.6 is 11.6 Å². The lowest BCUT2D eigenvalue weighted by atomic mass is 9.96. The molecule has 0 saturated carbocycles. The van der Waals surface area contributed by atoms with Gasteiger partial charge in [0.2, 0.25) is 0 Å². The number of piperidine rings is 2. The van der Waals surface area contributed by atoms with Gasteiger partial charge in [0.1, 0.15) is 0 Å². The summed E-state index contributed by atoms with van der Waals surface area (Å²) >= 11 is 5.87. The number of rotatable bonds is 4. The Morgan fingerprint density at radius 2 is 1.59 bits per heavy atom. The molecule has 0 unspecified atom stereocenters. The molecule has 158 valence electrons. The smallest absolute Gasteiger partial charge is 0.309 e. The largest absolute Gasteiger partial charge is 0.455 e. The van der Waals surface area contributed by atoms with Gasteiger partial charge in [-0.1, -0.05) is 11.6 Å². The minimum absolute atomic E-state index is 0.0586. The van der Waals surface area contributed by atoms with Crippen molar-refractivity contribution in [2.24, 2.45) is 5.92 Å². The third-order valence-electron chi connectivity index (χ3n) is 6.03. The normalized spacial score (nSPS) is 23.0. The van der Waals surface area contributed by atoms with Gasteiger partial charge < -0.3 is 14.5 Å². The zero-order valence-electron chi connectivity index (χ0n) is 17.1. The number of amides is 2. The molecule has 3 rings (SSSR count). The number of nitrogens with zero attached hydrogens (tertiary/aromatic N) is 2. The van der Waals surface area contributed by atoms with Crippen LogP contribution in [0.3, 0.4) is 0 Å². The van der Waals surface area contributed by atoms with Gasteiger partial charge in [0.15, 0.2) is 6.61 Å². The lowest BCUT2D eigenvalue weighted by Crippen LogP contribution is -2.49. The van der Waals surface area contributed by atoms with Crippen LogP contribution in [0.1, 0.15) is 56.3 Å². The van der Waals surface area contributed by atoms with E-state index in [9.17, 15) is 14.4 Å². The molecular weight excluding hydrogens is 392 g/mol. The van der Waals surface area contributed by atoms with Crippen LogP contribution in [0.5, 0.6) is 0 Å². The molecule has 2 atom stereocenters. The Morgan fingerprint density at radius 3 is 2.17 bits per heavy atom. The predicted molar refractivity (Wildman–Crippen MR) is 111 cm³/mol. The molecule has 7 heteroatoms. The van der Waals surface area contributed by atoms with E-state index in [1.807, 2.05) is 18.7 Å². The Bertz CT molecular complexity index is 734. The van der Waals surface area contributed by atoms with Crippen LogP contribution in [0.15, 0.2) is 24.3 Å². The second kappa shape index (κ2) is 9.61. The third-order valence-corrected chi connectivity index (χ3v) is 6.28. The van der Waals surface area contributed by atoms with Crippen molar-refractivity contribution < 1.29 is 19.1 Å². The van der Waals surface area contributed by atoms with Crippen LogP contribution in [0, 0.1) is 5.92 Å². The van der Waals surface area contributed by atoms with E-state index in [2.05, 4.69) is 0 Å². The maximum atomic E-state index is 12.6. The highest BCUT2D eigenvalue weighted by Crippen LogP contribution is 2.24. The number of ether oxygens (including phenoxy) is 1. The lowest BCUT2D eigenvalue weighted by Gasteiger charge is -2.39. The van der Waals surface area contributed by atoms with Crippen LogP contribution in [-0.2, 0) is 14.3 Å². The fourth-order valence-corrected chi connectivity index (χ4v) is 4.46. The summed E-state index contributed by atoms with van der Waals surface area (Å²) in [5, 5.41) is 0.589.